The van der Waals surface area contributed by atoms with Crippen LogP contribution in [0.3, 0.4) is 0 Å². The minimum absolute atomic E-state index is 0.100. The maximum absolute atomic E-state index is 11.6. The van der Waals surface area contributed by atoms with Crippen LogP contribution in [0.2, 0.25) is 5.02 Å². The van der Waals surface area contributed by atoms with Crippen molar-refractivity contribution in [2.75, 3.05) is 18.1 Å². The molecule has 1 aliphatic rings. The number of H-pyrrole nitrogens is 1. The lowest BCUT2D eigenvalue weighted by molar-refractivity contribution is 0.483. The lowest BCUT2D eigenvalue weighted by Crippen LogP contribution is -2.40. The molecule has 1 atom stereocenters. The Kier molecular flexibility index (Phi) is 4.24. The first-order chi connectivity index (χ1) is 10.0. The van der Waals surface area contributed by atoms with Gasteiger partial charge in [-0.25, -0.2) is 8.42 Å². The maximum Gasteiger partial charge on any atom is 0.151 e. The molecule has 1 fully saturated rings. The molecule has 114 valence electrons. The molecule has 1 aliphatic heterocycles. The molecule has 0 saturated carbocycles. The standard InChI is InChI=1S/C15H19ClN2O2S/c16-12-3-4-14-11(9-18-15(14)8-12)5-6-17-13-2-1-7-21(19,20)10-13/h3-4,8-9,13,17-18H,1-2,5-7,10H2/t13-/m0/s1. The fourth-order valence-corrected chi connectivity index (χ4v) is 4.80. The molecule has 0 amide bonds. The van der Waals surface area contributed by atoms with Crippen LogP contribution in [0.1, 0.15) is 18.4 Å². The van der Waals surface area contributed by atoms with Gasteiger partial charge >= 0.3 is 0 Å². The molecule has 0 aliphatic carbocycles. The largest absolute Gasteiger partial charge is 0.361 e. The van der Waals surface area contributed by atoms with Crippen LogP contribution in [0.4, 0.5) is 0 Å². The molecule has 1 aromatic carbocycles. The summed E-state index contributed by atoms with van der Waals surface area (Å²) in [6.07, 6.45) is 4.59. The van der Waals surface area contributed by atoms with E-state index in [0.29, 0.717) is 5.75 Å². The number of hydrogen-bond donors (Lipinski definition) is 2. The van der Waals surface area contributed by atoms with E-state index in [1.165, 1.54) is 10.9 Å². The number of aromatic amines is 1. The Morgan fingerprint density at radius 1 is 1.38 bits per heavy atom. The third-order valence-corrected chi connectivity index (χ3v) is 6.08. The zero-order valence-electron chi connectivity index (χ0n) is 11.7. The van der Waals surface area contributed by atoms with Crippen LogP contribution in [0.15, 0.2) is 24.4 Å². The van der Waals surface area contributed by atoms with Crippen molar-refractivity contribution < 1.29 is 8.42 Å². The molecule has 2 aromatic rings. The zero-order chi connectivity index (χ0) is 14.9. The van der Waals surface area contributed by atoms with Gasteiger partial charge in [0.05, 0.1) is 11.5 Å². The second-order valence-corrected chi connectivity index (χ2v) is 8.33. The van der Waals surface area contributed by atoms with E-state index in [2.05, 4.69) is 10.3 Å². The number of aromatic nitrogens is 1. The SMILES string of the molecule is O=S1(=O)CCC[C@H](NCCc2c[nH]c3cc(Cl)ccc23)C1. The first-order valence-corrected chi connectivity index (χ1v) is 9.43. The van der Waals surface area contributed by atoms with Gasteiger partial charge in [0.2, 0.25) is 0 Å². The highest BCUT2D eigenvalue weighted by Crippen LogP contribution is 2.22. The highest BCUT2D eigenvalue weighted by atomic mass is 35.5. The minimum Gasteiger partial charge on any atom is -0.361 e. The fraction of sp³-hybridized carbons (Fsp3) is 0.467. The smallest absolute Gasteiger partial charge is 0.151 e. The quantitative estimate of drug-likeness (QED) is 0.907. The number of sulfone groups is 1. The predicted molar refractivity (Wildman–Crippen MR) is 86.7 cm³/mol. The van der Waals surface area contributed by atoms with Crippen LogP contribution < -0.4 is 5.32 Å². The van der Waals surface area contributed by atoms with Crippen molar-refractivity contribution in [1.29, 1.82) is 0 Å². The Bertz CT molecular complexity index is 739. The molecule has 3 rings (SSSR count). The number of halogens is 1. The van der Waals surface area contributed by atoms with E-state index in [0.717, 1.165) is 36.3 Å². The molecule has 1 saturated heterocycles. The van der Waals surface area contributed by atoms with Gasteiger partial charge in [0, 0.05) is 28.2 Å². The molecule has 2 heterocycles. The normalized spacial score (nSPS) is 21.7. The van der Waals surface area contributed by atoms with Gasteiger partial charge in [0.1, 0.15) is 0 Å². The summed E-state index contributed by atoms with van der Waals surface area (Å²) in [6, 6.07) is 5.93. The first-order valence-electron chi connectivity index (χ1n) is 7.23. The van der Waals surface area contributed by atoms with E-state index >= 15 is 0 Å². The van der Waals surface area contributed by atoms with Gasteiger partial charge in [-0.15, -0.1) is 0 Å². The van der Waals surface area contributed by atoms with E-state index in [1.54, 1.807) is 0 Å². The van der Waals surface area contributed by atoms with E-state index in [-0.39, 0.29) is 11.8 Å². The first kappa shape index (κ1) is 14.9. The summed E-state index contributed by atoms with van der Waals surface area (Å²) in [5.41, 5.74) is 2.27. The Balaban J connectivity index is 1.59. The average molecular weight is 327 g/mol. The number of hydrogen-bond acceptors (Lipinski definition) is 3. The highest BCUT2D eigenvalue weighted by Gasteiger charge is 2.23. The van der Waals surface area contributed by atoms with E-state index in [9.17, 15) is 8.42 Å². The van der Waals surface area contributed by atoms with Gasteiger partial charge in [-0.1, -0.05) is 17.7 Å². The van der Waals surface area contributed by atoms with Crippen LogP contribution in [-0.4, -0.2) is 37.5 Å². The van der Waals surface area contributed by atoms with Crippen LogP contribution in [0, 0.1) is 0 Å². The van der Waals surface area contributed by atoms with Crippen molar-refractivity contribution in [3.63, 3.8) is 0 Å². The summed E-state index contributed by atoms with van der Waals surface area (Å²) in [5, 5.41) is 5.27. The highest BCUT2D eigenvalue weighted by molar-refractivity contribution is 7.91. The van der Waals surface area contributed by atoms with Gasteiger partial charge in [0.15, 0.2) is 9.84 Å². The monoisotopic (exact) mass is 326 g/mol. The molecule has 0 unspecified atom stereocenters. The van der Waals surface area contributed by atoms with Crippen molar-refractivity contribution in [2.24, 2.45) is 0 Å². The number of fused-ring (bicyclic) bond motifs is 1. The lowest BCUT2D eigenvalue weighted by atomic mass is 10.1. The van der Waals surface area contributed by atoms with Crippen LogP contribution in [-0.2, 0) is 16.3 Å². The maximum atomic E-state index is 11.6. The second-order valence-electron chi connectivity index (χ2n) is 5.66. The molecule has 2 N–H and O–H groups in total. The third kappa shape index (κ3) is 3.59. The molecule has 0 bridgehead atoms. The topological polar surface area (TPSA) is 62.0 Å². The van der Waals surface area contributed by atoms with Crippen LogP contribution in [0.5, 0.6) is 0 Å². The van der Waals surface area contributed by atoms with Crippen LogP contribution in [0.25, 0.3) is 10.9 Å². The Hall–Kier alpha value is -1.04. The minimum atomic E-state index is -2.84. The Labute approximate surface area is 129 Å². The summed E-state index contributed by atoms with van der Waals surface area (Å²) in [6.45, 7) is 0.787. The molecule has 6 heteroatoms. The van der Waals surface area contributed by atoms with E-state index < -0.39 is 9.84 Å². The van der Waals surface area contributed by atoms with Gasteiger partial charge in [-0.3, -0.25) is 0 Å². The summed E-state index contributed by atoms with van der Waals surface area (Å²) >= 11 is 5.97. The van der Waals surface area contributed by atoms with Gasteiger partial charge in [0.25, 0.3) is 0 Å². The van der Waals surface area contributed by atoms with E-state index in [1.807, 2.05) is 24.4 Å². The molecule has 21 heavy (non-hydrogen) atoms. The number of benzene rings is 1. The molecular weight excluding hydrogens is 308 g/mol. The Morgan fingerprint density at radius 2 is 2.24 bits per heavy atom. The molecule has 0 spiro atoms. The Morgan fingerprint density at radius 3 is 3.05 bits per heavy atom. The summed E-state index contributed by atoms with van der Waals surface area (Å²) in [4.78, 5) is 3.22. The predicted octanol–water partition coefficient (Wildman–Crippen LogP) is 2.53. The fourth-order valence-electron chi connectivity index (χ4n) is 2.96. The lowest BCUT2D eigenvalue weighted by Gasteiger charge is -2.23. The number of nitrogens with one attached hydrogen (secondary N) is 2. The van der Waals surface area contributed by atoms with Crippen molar-refractivity contribution >= 4 is 32.3 Å². The van der Waals surface area contributed by atoms with Gasteiger partial charge in [-0.05, 0) is 43.5 Å². The molecule has 0 radical (unpaired) electrons. The third-order valence-electron chi connectivity index (χ3n) is 4.02. The van der Waals surface area contributed by atoms with Crippen molar-refractivity contribution in [2.45, 2.75) is 25.3 Å². The van der Waals surface area contributed by atoms with Crippen molar-refractivity contribution in [3.05, 3.63) is 35.0 Å². The number of rotatable bonds is 4. The molecular formula is C15H19ClN2O2S. The summed E-state index contributed by atoms with van der Waals surface area (Å²) < 4.78 is 23.2. The molecule has 4 nitrogen and oxygen atoms in total. The zero-order valence-corrected chi connectivity index (χ0v) is 13.3. The summed E-state index contributed by atoms with van der Waals surface area (Å²) in [7, 11) is -2.84. The average Bonchev–Trinajstić information content (AvgIpc) is 2.80. The van der Waals surface area contributed by atoms with Crippen molar-refractivity contribution in [3.8, 4) is 0 Å². The molecule has 1 aromatic heterocycles. The van der Waals surface area contributed by atoms with E-state index in [4.69, 9.17) is 11.6 Å². The van der Waals surface area contributed by atoms with Crippen LogP contribution >= 0.6 is 11.6 Å². The van der Waals surface area contributed by atoms with Gasteiger partial charge in [-0.2, -0.15) is 0 Å². The second kappa shape index (κ2) is 5.99. The summed E-state index contributed by atoms with van der Waals surface area (Å²) in [5.74, 6) is 0.616. The van der Waals surface area contributed by atoms with Crippen molar-refractivity contribution in [1.82, 2.24) is 10.3 Å². The van der Waals surface area contributed by atoms with Gasteiger partial charge < -0.3 is 10.3 Å².